The van der Waals surface area contributed by atoms with Gasteiger partial charge in [-0.15, -0.1) is 0 Å². The molecule has 1 aliphatic heterocycles. The Kier molecular flexibility index (Phi) is 5.28. The van der Waals surface area contributed by atoms with Crippen molar-refractivity contribution in [3.63, 3.8) is 0 Å². The van der Waals surface area contributed by atoms with Gasteiger partial charge in [0.2, 0.25) is 0 Å². The van der Waals surface area contributed by atoms with Gasteiger partial charge in [-0.3, -0.25) is 4.90 Å². The molecular weight excluding hydrogens is 330 g/mol. The minimum atomic E-state index is 0.563. The second kappa shape index (κ2) is 7.46. The van der Waals surface area contributed by atoms with Gasteiger partial charge in [0.05, 0.1) is 21.3 Å². The molecule has 0 unspecified atom stereocenters. The predicted molar refractivity (Wildman–Crippen MR) is 101 cm³/mol. The molecule has 5 heteroatoms. The lowest BCUT2D eigenvalue weighted by molar-refractivity contribution is 0.0871. The van der Waals surface area contributed by atoms with Crippen molar-refractivity contribution >= 4 is 0 Å². The highest BCUT2D eigenvalue weighted by molar-refractivity contribution is 5.58. The zero-order chi connectivity index (χ0) is 18.8. The van der Waals surface area contributed by atoms with E-state index < -0.39 is 0 Å². The van der Waals surface area contributed by atoms with Crippen LogP contribution in [0.2, 0.25) is 0 Å². The van der Waals surface area contributed by atoms with E-state index in [-0.39, 0.29) is 0 Å². The van der Waals surface area contributed by atoms with Crippen molar-refractivity contribution < 1.29 is 18.9 Å². The van der Waals surface area contributed by atoms with Gasteiger partial charge in [-0.2, -0.15) is 0 Å². The number of hydrogen-bond acceptors (Lipinski definition) is 5. The van der Waals surface area contributed by atoms with Crippen LogP contribution in [0.4, 0.5) is 0 Å². The third-order valence-corrected chi connectivity index (χ3v) is 5.14. The summed E-state index contributed by atoms with van der Waals surface area (Å²) in [6.07, 6.45) is 0. The summed E-state index contributed by atoms with van der Waals surface area (Å²) in [5, 5.41) is 0. The van der Waals surface area contributed by atoms with Crippen LogP contribution in [-0.4, -0.2) is 33.0 Å². The third-order valence-electron chi connectivity index (χ3n) is 5.14. The fourth-order valence-corrected chi connectivity index (χ4v) is 3.61. The Hall–Kier alpha value is -2.40. The summed E-state index contributed by atoms with van der Waals surface area (Å²) in [4.78, 5) is 2.27. The molecule has 140 valence electrons. The Bertz CT molecular complexity index is 816. The SMILES string of the molecule is COc1ccc(CN2COc3c(C)c(C)c(OC)c(C)c3C2)cc1OC. The molecule has 2 aromatic carbocycles. The highest BCUT2D eigenvalue weighted by Crippen LogP contribution is 2.40. The summed E-state index contributed by atoms with van der Waals surface area (Å²) in [6, 6.07) is 6.02. The molecule has 0 N–H and O–H groups in total. The molecule has 5 nitrogen and oxygen atoms in total. The summed E-state index contributed by atoms with van der Waals surface area (Å²) in [5.41, 5.74) is 5.83. The van der Waals surface area contributed by atoms with Gasteiger partial charge in [-0.1, -0.05) is 6.07 Å². The van der Waals surface area contributed by atoms with Crippen LogP contribution in [-0.2, 0) is 13.1 Å². The van der Waals surface area contributed by atoms with E-state index in [9.17, 15) is 0 Å². The van der Waals surface area contributed by atoms with Gasteiger partial charge < -0.3 is 18.9 Å². The van der Waals surface area contributed by atoms with Crippen molar-refractivity contribution in [3.8, 4) is 23.0 Å². The number of fused-ring (bicyclic) bond motifs is 1. The zero-order valence-corrected chi connectivity index (χ0v) is 16.4. The molecule has 1 aliphatic rings. The molecule has 0 amide bonds. The largest absolute Gasteiger partial charge is 0.496 e. The lowest BCUT2D eigenvalue weighted by atomic mass is 9.96. The molecular formula is C21H27NO4. The van der Waals surface area contributed by atoms with Crippen molar-refractivity contribution in [2.75, 3.05) is 28.1 Å². The molecule has 0 radical (unpaired) electrons. The average molecular weight is 357 g/mol. The summed E-state index contributed by atoms with van der Waals surface area (Å²) in [6.45, 7) is 8.45. The van der Waals surface area contributed by atoms with Gasteiger partial charge in [-0.25, -0.2) is 0 Å². The van der Waals surface area contributed by atoms with E-state index in [1.54, 1.807) is 21.3 Å². The van der Waals surface area contributed by atoms with Crippen molar-refractivity contribution in [3.05, 3.63) is 46.0 Å². The van der Waals surface area contributed by atoms with Crippen molar-refractivity contribution in [2.45, 2.75) is 33.9 Å². The second-order valence-electron chi connectivity index (χ2n) is 6.67. The van der Waals surface area contributed by atoms with E-state index in [0.29, 0.717) is 6.73 Å². The lowest BCUT2D eigenvalue weighted by Crippen LogP contribution is -2.32. The second-order valence-corrected chi connectivity index (χ2v) is 6.67. The first-order chi connectivity index (χ1) is 12.5. The van der Waals surface area contributed by atoms with Gasteiger partial charge in [0.15, 0.2) is 11.5 Å². The van der Waals surface area contributed by atoms with Gasteiger partial charge in [0.1, 0.15) is 18.2 Å². The Morgan fingerprint density at radius 1 is 0.923 bits per heavy atom. The number of rotatable bonds is 5. The van der Waals surface area contributed by atoms with Crippen molar-refractivity contribution in [1.29, 1.82) is 0 Å². The fourth-order valence-electron chi connectivity index (χ4n) is 3.61. The number of methoxy groups -OCH3 is 3. The Labute approximate surface area is 155 Å². The summed E-state index contributed by atoms with van der Waals surface area (Å²) in [7, 11) is 5.03. The maximum absolute atomic E-state index is 6.12. The average Bonchev–Trinajstić information content (AvgIpc) is 2.66. The quantitative estimate of drug-likeness (QED) is 0.809. The van der Waals surface area contributed by atoms with E-state index in [0.717, 1.165) is 58.3 Å². The van der Waals surface area contributed by atoms with Crippen LogP contribution in [0.5, 0.6) is 23.0 Å². The van der Waals surface area contributed by atoms with Crippen molar-refractivity contribution in [2.24, 2.45) is 0 Å². The van der Waals surface area contributed by atoms with Crippen LogP contribution in [0, 0.1) is 20.8 Å². The minimum absolute atomic E-state index is 0.563. The predicted octanol–water partition coefficient (Wildman–Crippen LogP) is 3.99. The molecule has 0 fully saturated rings. The smallest absolute Gasteiger partial charge is 0.161 e. The highest BCUT2D eigenvalue weighted by Gasteiger charge is 2.25. The Morgan fingerprint density at radius 3 is 2.31 bits per heavy atom. The number of ether oxygens (including phenoxy) is 4. The molecule has 0 saturated heterocycles. The summed E-state index contributed by atoms with van der Waals surface area (Å²) < 4.78 is 22.5. The number of nitrogens with zero attached hydrogens (tertiary/aromatic N) is 1. The summed E-state index contributed by atoms with van der Waals surface area (Å²) in [5.74, 6) is 3.44. The molecule has 2 aromatic rings. The van der Waals surface area contributed by atoms with Crippen LogP contribution in [0.1, 0.15) is 27.8 Å². The van der Waals surface area contributed by atoms with Gasteiger partial charge in [0, 0.05) is 18.7 Å². The molecule has 0 saturated carbocycles. The maximum atomic E-state index is 6.12. The van der Waals surface area contributed by atoms with Gasteiger partial charge in [-0.05, 0) is 55.2 Å². The van der Waals surface area contributed by atoms with Crippen LogP contribution < -0.4 is 18.9 Å². The molecule has 0 atom stereocenters. The first-order valence-electron chi connectivity index (χ1n) is 8.72. The highest BCUT2D eigenvalue weighted by atomic mass is 16.5. The van der Waals surface area contributed by atoms with Crippen LogP contribution in [0.3, 0.4) is 0 Å². The van der Waals surface area contributed by atoms with Crippen molar-refractivity contribution in [1.82, 2.24) is 4.90 Å². The minimum Gasteiger partial charge on any atom is -0.496 e. The van der Waals surface area contributed by atoms with Gasteiger partial charge in [0.25, 0.3) is 0 Å². The van der Waals surface area contributed by atoms with Crippen LogP contribution in [0.15, 0.2) is 18.2 Å². The lowest BCUT2D eigenvalue weighted by Gasteiger charge is -2.32. The number of benzene rings is 2. The molecule has 3 rings (SSSR count). The topological polar surface area (TPSA) is 40.2 Å². The van der Waals surface area contributed by atoms with E-state index in [1.807, 2.05) is 12.1 Å². The molecule has 0 bridgehead atoms. The monoisotopic (exact) mass is 357 g/mol. The van der Waals surface area contributed by atoms with E-state index in [2.05, 4.69) is 31.7 Å². The Morgan fingerprint density at radius 2 is 1.65 bits per heavy atom. The summed E-state index contributed by atoms with van der Waals surface area (Å²) >= 11 is 0. The normalized spacial score (nSPS) is 13.8. The third kappa shape index (κ3) is 3.19. The molecule has 0 spiro atoms. The van der Waals surface area contributed by atoms with Gasteiger partial charge >= 0.3 is 0 Å². The first kappa shape index (κ1) is 18.4. The van der Waals surface area contributed by atoms with E-state index in [4.69, 9.17) is 18.9 Å². The van der Waals surface area contributed by atoms with Crippen LogP contribution in [0.25, 0.3) is 0 Å². The van der Waals surface area contributed by atoms with E-state index >= 15 is 0 Å². The molecule has 1 heterocycles. The maximum Gasteiger partial charge on any atom is 0.161 e. The molecule has 0 aliphatic carbocycles. The fraction of sp³-hybridized carbons (Fsp3) is 0.429. The zero-order valence-electron chi connectivity index (χ0n) is 16.4. The Balaban J connectivity index is 1.86. The standard InChI is InChI=1S/C21H27NO4/c1-13-14(2)21-17(15(3)20(13)25-6)11-22(12-26-21)10-16-7-8-18(23-4)19(9-16)24-5/h7-9H,10-12H2,1-6H3. The molecule has 26 heavy (non-hydrogen) atoms. The van der Waals surface area contributed by atoms with Crippen LogP contribution >= 0.6 is 0 Å². The first-order valence-corrected chi connectivity index (χ1v) is 8.72. The molecule has 0 aromatic heterocycles. The number of hydrogen-bond donors (Lipinski definition) is 0. The van der Waals surface area contributed by atoms with E-state index in [1.165, 1.54) is 5.56 Å².